The summed E-state index contributed by atoms with van der Waals surface area (Å²) in [6.07, 6.45) is 12.4. The highest BCUT2D eigenvalue weighted by molar-refractivity contribution is 5.85. The molecule has 0 aliphatic heterocycles. The molecule has 0 bridgehead atoms. The van der Waals surface area contributed by atoms with Gasteiger partial charge in [0.1, 0.15) is 5.78 Å². The molecule has 23 heavy (non-hydrogen) atoms. The number of hydrogen-bond donors (Lipinski definition) is 1. The van der Waals surface area contributed by atoms with E-state index in [0.29, 0.717) is 31.1 Å². The molecular weight excluding hydrogens is 286 g/mol. The van der Waals surface area contributed by atoms with Crippen molar-refractivity contribution in [3.63, 3.8) is 0 Å². The number of rotatable bonds is 9. The maximum atomic E-state index is 11.0. The van der Waals surface area contributed by atoms with Gasteiger partial charge in [0.15, 0.2) is 0 Å². The van der Waals surface area contributed by atoms with Crippen LogP contribution in [0.4, 0.5) is 0 Å². The lowest BCUT2D eigenvalue weighted by Gasteiger charge is -2.06. The van der Waals surface area contributed by atoms with Crippen LogP contribution in [0.5, 0.6) is 0 Å². The number of aliphatic hydroxyl groups excluding tert-OH is 1. The van der Waals surface area contributed by atoms with Crippen LogP contribution in [0.2, 0.25) is 0 Å². The fourth-order valence-corrected chi connectivity index (χ4v) is 2.33. The molecule has 1 aliphatic carbocycles. The average molecular weight is 328 g/mol. The Balaban J connectivity index is 0. The molecule has 0 aromatic carbocycles. The standard InChI is InChI=1S/C12H21NO2.C6H14.C2H6/c1-2-3-4-12(15)9-13-8-10-5-6-11(14)7-10;1-3-5-6-4-2;1-2/h8,10,12,15H,2-7,9H2,1H3;3-6H2,1-2H3;1-2H3/t10-,12?;;/m0../s1. The second kappa shape index (κ2) is 19.3. The van der Waals surface area contributed by atoms with Gasteiger partial charge in [-0.3, -0.25) is 9.79 Å². The van der Waals surface area contributed by atoms with E-state index in [9.17, 15) is 9.90 Å². The second-order valence-electron chi connectivity index (χ2n) is 6.06. The van der Waals surface area contributed by atoms with Gasteiger partial charge in [-0.2, -0.15) is 0 Å². The first-order chi connectivity index (χ1) is 11.1. The van der Waals surface area contributed by atoms with Gasteiger partial charge in [0.05, 0.1) is 12.6 Å². The first-order valence-corrected chi connectivity index (χ1v) is 9.83. The molecule has 0 radical (unpaired) electrons. The highest BCUT2D eigenvalue weighted by Gasteiger charge is 2.19. The summed E-state index contributed by atoms with van der Waals surface area (Å²) >= 11 is 0. The number of carbonyl (C=O) groups excluding carboxylic acids is 1. The van der Waals surface area contributed by atoms with Crippen molar-refractivity contribution in [3.8, 4) is 0 Å². The van der Waals surface area contributed by atoms with Crippen LogP contribution >= 0.6 is 0 Å². The SMILES string of the molecule is CC.CCCCC(O)CN=C[C@H]1CCC(=O)C1.CCCCCC. The van der Waals surface area contributed by atoms with Crippen molar-refractivity contribution in [2.75, 3.05) is 6.54 Å². The molecule has 0 heterocycles. The lowest BCUT2D eigenvalue weighted by molar-refractivity contribution is -0.117. The molecule has 1 unspecified atom stereocenters. The van der Waals surface area contributed by atoms with E-state index in [-0.39, 0.29) is 6.10 Å². The van der Waals surface area contributed by atoms with Crippen LogP contribution in [0.3, 0.4) is 0 Å². The van der Waals surface area contributed by atoms with Crippen LogP contribution in [0.15, 0.2) is 4.99 Å². The normalized spacial score (nSPS) is 18.2. The molecule has 0 aromatic heterocycles. The third-order valence-corrected chi connectivity index (χ3v) is 3.76. The van der Waals surface area contributed by atoms with Gasteiger partial charge in [0.2, 0.25) is 0 Å². The molecule has 1 fully saturated rings. The lowest BCUT2D eigenvalue weighted by atomic mass is 10.1. The summed E-state index contributed by atoms with van der Waals surface area (Å²) < 4.78 is 0. The zero-order chi connectivity index (χ0) is 17.9. The number of aliphatic imine (C=N–C) groups is 1. The van der Waals surface area contributed by atoms with Crippen LogP contribution in [0.25, 0.3) is 0 Å². The summed E-state index contributed by atoms with van der Waals surface area (Å²) in [5.41, 5.74) is 0. The van der Waals surface area contributed by atoms with Gasteiger partial charge in [-0.15, -0.1) is 0 Å². The Morgan fingerprint density at radius 1 is 1.13 bits per heavy atom. The number of ketones is 1. The zero-order valence-corrected chi connectivity index (χ0v) is 16.3. The molecule has 0 amide bonds. The zero-order valence-electron chi connectivity index (χ0n) is 16.3. The van der Waals surface area contributed by atoms with Crippen LogP contribution < -0.4 is 0 Å². The summed E-state index contributed by atoms with van der Waals surface area (Å²) in [7, 11) is 0. The average Bonchev–Trinajstić information content (AvgIpc) is 2.98. The van der Waals surface area contributed by atoms with Crippen molar-refractivity contribution in [2.45, 2.75) is 105 Å². The van der Waals surface area contributed by atoms with E-state index in [1.165, 1.54) is 25.7 Å². The van der Waals surface area contributed by atoms with Gasteiger partial charge in [0, 0.05) is 25.0 Å². The van der Waals surface area contributed by atoms with Crippen molar-refractivity contribution < 1.29 is 9.90 Å². The van der Waals surface area contributed by atoms with Crippen molar-refractivity contribution >= 4 is 12.0 Å². The molecule has 1 saturated carbocycles. The summed E-state index contributed by atoms with van der Waals surface area (Å²) in [5, 5.41) is 9.53. The molecule has 138 valence electrons. The quantitative estimate of drug-likeness (QED) is 0.443. The number of aliphatic hydroxyl groups is 1. The van der Waals surface area contributed by atoms with Gasteiger partial charge < -0.3 is 5.11 Å². The Labute approximate surface area is 145 Å². The van der Waals surface area contributed by atoms with Gasteiger partial charge in [0.25, 0.3) is 0 Å². The number of Topliss-reactive ketones (excluding diaryl/α,β-unsaturated/α-hetero) is 1. The fourth-order valence-electron chi connectivity index (χ4n) is 2.33. The molecule has 3 heteroatoms. The van der Waals surface area contributed by atoms with E-state index >= 15 is 0 Å². The number of hydrogen-bond acceptors (Lipinski definition) is 3. The van der Waals surface area contributed by atoms with Crippen molar-refractivity contribution in [1.82, 2.24) is 0 Å². The Hall–Kier alpha value is -0.700. The number of nitrogens with zero attached hydrogens (tertiary/aromatic N) is 1. The smallest absolute Gasteiger partial charge is 0.133 e. The minimum absolute atomic E-state index is 0.307. The third kappa shape index (κ3) is 17.5. The number of unbranched alkanes of at least 4 members (excludes halogenated alkanes) is 4. The Bertz CT molecular complexity index is 273. The Kier molecular flexibility index (Phi) is 20.7. The topological polar surface area (TPSA) is 49.7 Å². The summed E-state index contributed by atoms with van der Waals surface area (Å²) in [4.78, 5) is 15.2. The van der Waals surface area contributed by atoms with E-state index in [1.807, 2.05) is 20.1 Å². The Morgan fingerprint density at radius 3 is 2.13 bits per heavy atom. The summed E-state index contributed by atoms with van der Waals surface area (Å²) in [6.45, 7) is 11.1. The fraction of sp³-hybridized carbons (Fsp3) is 0.900. The van der Waals surface area contributed by atoms with Gasteiger partial charge in [-0.25, -0.2) is 0 Å². The molecule has 1 N–H and O–H groups in total. The van der Waals surface area contributed by atoms with Crippen molar-refractivity contribution in [1.29, 1.82) is 0 Å². The molecule has 0 saturated heterocycles. The second-order valence-corrected chi connectivity index (χ2v) is 6.06. The molecule has 0 spiro atoms. The van der Waals surface area contributed by atoms with E-state index in [2.05, 4.69) is 25.8 Å². The minimum Gasteiger partial charge on any atom is -0.391 e. The summed E-state index contributed by atoms with van der Waals surface area (Å²) in [6, 6.07) is 0. The minimum atomic E-state index is -0.307. The first kappa shape index (κ1) is 24.6. The first-order valence-electron chi connectivity index (χ1n) is 9.83. The highest BCUT2D eigenvalue weighted by Crippen LogP contribution is 2.19. The maximum Gasteiger partial charge on any atom is 0.133 e. The van der Waals surface area contributed by atoms with E-state index in [0.717, 1.165) is 25.7 Å². The predicted molar refractivity (Wildman–Crippen MR) is 102 cm³/mol. The van der Waals surface area contributed by atoms with Gasteiger partial charge in [-0.1, -0.05) is 73.1 Å². The van der Waals surface area contributed by atoms with E-state index < -0.39 is 0 Å². The molecule has 1 rings (SSSR count). The third-order valence-electron chi connectivity index (χ3n) is 3.76. The molecular formula is C20H41NO2. The molecule has 2 atom stereocenters. The maximum absolute atomic E-state index is 11.0. The van der Waals surface area contributed by atoms with Crippen molar-refractivity contribution in [2.24, 2.45) is 10.9 Å². The largest absolute Gasteiger partial charge is 0.391 e. The van der Waals surface area contributed by atoms with Crippen molar-refractivity contribution in [3.05, 3.63) is 0 Å². The molecule has 1 aliphatic rings. The van der Waals surface area contributed by atoms with E-state index in [1.54, 1.807) is 0 Å². The van der Waals surface area contributed by atoms with Crippen LogP contribution in [-0.4, -0.2) is 29.8 Å². The van der Waals surface area contributed by atoms with Gasteiger partial charge >= 0.3 is 0 Å². The lowest BCUT2D eigenvalue weighted by Crippen LogP contribution is -2.11. The van der Waals surface area contributed by atoms with Crippen LogP contribution in [0, 0.1) is 5.92 Å². The Morgan fingerprint density at radius 2 is 1.70 bits per heavy atom. The highest BCUT2D eigenvalue weighted by atomic mass is 16.3. The number of carbonyl (C=O) groups is 1. The van der Waals surface area contributed by atoms with Gasteiger partial charge in [-0.05, 0) is 12.8 Å². The van der Waals surface area contributed by atoms with Crippen LogP contribution in [0.1, 0.15) is 98.8 Å². The molecule has 0 aromatic rings. The monoisotopic (exact) mass is 327 g/mol. The van der Waals surface area contributed by atoms with Crippen LogP contribution in [-0.2, 0) is 4.79 Å². The predicted octanol–water partition coefficient (Wildman–Crippen LogP) is 5.59. The summed E-state index contributed by atoms with van der Waals surface area (Å²) in [5.74, 6) is 0.675. The molecule has 3 nitrogen and oxygen atoms in total. The van der Waals surface area contributed by atoms with E-state index in [4.69, 9.17) is 0 Å².